The van der Waals surface area contributed by atoms with Gasteiger partial charge in [0, 0.05) is 7.05 Å². The third-order valence-corrected chi connectivity index (χ3v) is 1.80. The van der Waals surface area contributed by atoms with Crippen LogP contribution in [0.3, 0.4) is 0 Å². The van der Waals surface area contributed by atoms with Crippen LogP contribution >= 0.6 is 0 Å². The molecule has 1 nitrogen and oxygen atoms in total. The van der Waals surface area contributed by atoms with Crippen LogP contribution in [-0.2, 0) is 0 Å². The van der Waals surface area contributed by atoms with Crippen LogP contribution in [0.1, 0.15) is 32.6 Å². The van der Waals surface area contributed by atoms with Crippen molar-refractivity contribution in [2.75, 3.05) is 7.05 Å². The Labute approximate surface area is 75.9 Å². The Morgan fingerprint density at radius 1 is 1.42 bits per heavy atom. The molecule has 0 amide bonds. The number of unbranched alkanes of at least 4 members (excludes halogenated alkanes) is 2. The highest BCUT2D eigenvalue weighted by atomic mass is 14.6. The molecule has 12 heavy (non-hydrogen) atoms. The molecule has 0 aromatic heterocycles. The van der Waals surface area contributed by atoms with Crippen LogP contribution in [0.4, 0.5) is 0 Å². The van der Waals surface area contributed by atoms with Crippen molar-refractivity contribution in [1.82, 2.24) is 0 Å². The van der Waals surface area contributed by atoms with E-state index in [0.29, 0.717) is 0 Å². The highest BCUT2D eigenvalue weighted by Gasteiger charge is 1.86. The van der Waals surface area contributed by atoms with Gasteiger partial charge in [-0.1, -0.05) is 31.2 Å². The first kappa shape index (κ1) is 11.2. The normalized spacial score (nSPS) is 12.3. The number of rotatable bonds is 6. The van der Waals surface area contributed by atoms with Gasteiger partial charge in [0.15, 0.2) is 0 Å². The maximum atomic E-state index is 3.93. The monoisotopic (exact) mass is 165 g/mol. The summed E-state index contributed by atoms with van der Waals surface area (Å²) < 4.78 is 0. The van der Waals surface area contributed by atoms with Crippen LogP contribution in [0, 0.1) is 0 Å². The lowest BCUT2D eigenvalue weighted by molar-refractivity contribution is 0.892. The lowest BCUT2D eigenvalue weighted by Crippen LogP contribution is -1.78. The standard InChI is InChI=1S/C11H19N/c1-4-11(5-2)9-7-6-8-10-12-3/h4,9-10H,1,5-8H2,2-3H3/b11-9+,12-10?. The van der Waals surface area contributed by atoms with Gasteiger partial charge in [-0.2, -0.15) is 0 Å². The molecule has 0 radical (unpaired) electrons. The molecule has 0 spiro atoms. The Hall–Kier alpha value is -0.850. The average Bonchev–Trinajstić information content (AvgIpc) is 2.11. The molecular formula is C11H19N. The fourth-order valence-corrected chi connectivity index (χ4v) is 0.998. The second-order valence-corrected chi connectivity index (χ2v) is 2.71. The topological polar surface area (TPSA) is 12.4 Å². The van der Waals surface area contributed by atoms with Gasteiger partial charge in [0.2, 0.25) is 0 Å². The van der Waals surface area contributed by atoms with Gasteiger partial charge in [-0.15, -0.1) is 0 Å². The fraction of sp³-hybridized carbons (Fsp3) is 0.545. The van der Waals surface area contributed by atoms with E-state index in [1.807, 2.05) is 19.3 Å². The van der Waals surface area contributed by atoms with E-state index >= 15 is 0 Å². The predicted molar refractivity (Wildman–Crippen MR) is 56.8 cm³/mol. The van der Waals surface area contributed by atoms with Crippen LogP contribution < -0.4 is 0 Å². The number of nitrogens with zero attached hydrogens (tertiary/aromatic N) is 1. The van der Waals surface area contributed by atoms with Crippen molar-refractivity contribution in [2.45, 2.75) is 32.6 Å². The number of hydrogen-bond donors (Lipinski definition) is 0. The zero-order valence-corrected chi connectivity index (χ0v) is 8.21. The van der Waals surface area contributed by atoms with Crippen molar-refractivity contribution in [3.8, 4) is 0 Å². The highest BCUT2D eigenvalue weighted by Crippen LogP contribution is 2.05. The molecule has 0 atom stereocenters. The van der Waals surface area contributed by atoms with Crippen molar-refractivity contribution in [3.05, 3.63) is 24.3 Å². The molecule has 1 heteroatoms. The molecular weight excluding hydrogens is 146 g/mol. The van der Waals surface area contributed by atoms with Crippen molar-refractivity contribution in [3.63, 3.8) is 0 Å². The first-order valence-electron chi connectivity index (χ1n) is 4.57. The van der Waals surface area contributed by atoms with Crippen molar-refractivity contribution in [2.24, 2.45) is 4.99 Å². The van der Waals surface area contributed by atoms with Gasteiger partial charge in [0.25, 0.3) is 0 Å². The van der Waals surface area contributed by atoms with Gasteiger partial charge in [-0.3, -0.25) is 0 Å². The van der Waals surface area contributed by atoms with E-state index in [0.717, 1.165) is 19.3 Å². The van der Waals surface area contributed by atoms with Gasteiger partial charge < -0.3 is 4.99 Å². The average molecular weight is 165 g/mol. The summed E-state index contributed by atoms with van der Waals surface area (Å²) in [5.74, 6) is 0. The molecule has 0 aliphatic rings. The van der Waals surface area contributed by atoms with Gasteiger partial charge in [0.1, 0.15) is 0 Å². The Balaban J connectivity index is 3.50. The zero-order chi connectivity index (χ0) is 9.23. The van der Waals surface area contributed by atoms with Crippen LogP contribution in [-0.4, -0.2) is 13.3 Å². The number of allylic oxidation sites excluding steroid dienone is 3. The molecule has 0 heterocycles. The Morgan fingerprint density at radius 2 is 2.17 bits per heavy atom. The minimum Gasteiger partial charge on any atom is -0.301 e. The van der Waals surface area contributed by atoms with Gasteiger partial charge in [0.05, 0.1) is 0 Å². The third-order valence-electron chi connectivity index (χ3n) is 1.80. The quantitative estimate of drug-likeness (QED) is 0.325. The molecule has 0 aromatic carbocycles. The van der Waals surface area contributed by atoms with Gasteiger partial charge in [-0.05, 0) is 31.9 Å². The second kappa shape index (κ2) is 8.25. The van der Waals surface area contributed by atoms with Gasteiger partial charge in [-0.25, -0.2) is 0 Å². The van der Waals surface area contributed by atoms with E-state index < -0.39 is 0 Å². The molecule has 0 aliphatic carbocycles. The summed E-state index contributed by atoms with van der Waals surface area (Å²) in [5.41, 5.74) is 1.35. The second-order valence-electron chi connectivity index (χ2n) is 2.71. The summed E-state index contributed by atoms with van der Waals surface area (Å²) in [5, 5.41) is 0. The number of hydrogen-bond acceptors (Lipinski definition) is 1. The summed E-state index contributed by atoms with van der Waals surface area (Å²) in [6, 6.07) is 0. The molecule has 0 aromatic rings. The highest BCUT2D eigenvalue weighted by molar-refractivity contribution is 5.56. The van der Waals surface area contributed by atoms with Crippen molar-refractivity contribution < 1.29 is 0 Å². The molecule has 0 N–H and O–H groups in total. The van der Waals surface area contributed by atoms with E-state index in [-0.39, 0.29) is 0 Å². The summed E-state index contributed by atoms with van der Waals surface area (Å²) in [6.07, 6.45) is 10.7. The molecule has 0 fully saturated rings. The lowest BCUT2D eigenvalue weighted by Gasteiger charge is -1.95. The summed E-state index contributed by atoms with van der Waals surface area (Å²) >= 11 is 0. The Bertz CT molecular complexity index is 166. The van der Waals surface area contributed by atoms with E-state index in [1.165, 1.54) is 12.0 Å². The first-order valence-corrected chi connectivity index (χ1v) is 4.57. The molecule has 0 unspecified atom stereocenters. The number of aliphatic imine (C=N–C) groups is 1. The SMILES string of the molecule is C=C/C(=C\CCCC=NC)CC. The van der Waals surface area contributed by atoms with Crippen molar-refractivity contribution in [1.29, 1.82) is 0 Å². The van der Waals surface area contributed by atoms with E-state index in [2.05, 4.69) is 24.6 Å². The van der Waals surface area contributed by atoms with Crippen molar-refractivity contribution >= 4 is 6.21 Å². The van der Waals surface area contributed by atoms with E-state index in [1.54, 1.807) is 0 Å². The largest absolute Gasteiger partial charge is 0.301 e. The maximum absolute atomic E-state index is 3.93. The molecule has 0 saturated heterocycles. The van der Waals surface area contributed by atoms with Crippen LogP contribution in [0.2, 0.25) is 0 Å². The van der Waals surface area contributed by atoms with Crippen LogP contribution in [0.15, 0.2) is 29.3 Å². The Morgan fingerprint density at radius 3 is 2.67 bits per heavy atom. The maximum Gasteiger partial charge on any atom is 0.0273 e. The zero-order valence-electron chi connectivity index (χ0n) is 8.21. The fourth-order valence-electron chi connectivity index (χ4n) is 0.998. The van der Waals surface area contributed by atoms with Crippen LogP contribution in [0.25, 0.3) is 0 Å². The molecule has 0 rings (SSSR count). The summed E-state index contributed by atoms with van der Waals surface area (Å²) in [7, 11) is 1.82. The minimum atomic E-state index is 1.08. The van der Waals surface area contributed by atoms with E-state index in [4.69, 9.17) is 0 Å². The molecule has 0 aliphatic heterocycles. The third kappa shape index (κ3) is 5.90. The Kier molecular flexibility index (Phi) is 7.66. The molecule has 0 bridgehead atoms. The minimum absolute atomic E-state index is 1.08. The first-order chi connectivity index (χ1) is 5.85. The van der Waals surface area contributed by atoms with Crippen LogP contribution in [0.5, 0.6) is 0 Å². The lowest BCUT2D eigenvalue weighted by atomic mass is 10.1. The molecule has 0 saturated carbocycles. The predicted octanol–water partition coefficient (Wildman–Crippen LogP) is 3.38. The van der Waals surface area contributed by atoms with E-state index in [9.17, 15) is 0 Å². The van der Waals surface area contributed by atoms with Gasteiger partial charge >= 0.3 is 0 Å². The summed E-state index contributed by atoms with van der Waals surface area (Å²) in [6.45, 7) is 5.91. The summed E-state index contributed by atoms with van der Waals surface area (Å²) in [4.78, 5) is 3.93. The molecule has 68 valence electrons. The smallest absolute Gasteiger partial charge is 0.0273 e.